The van der Waals surface area contributed by atoms with E-state index >= 15 is 0 Å². The quantitative estimate of drug-likeness (QED) is 0.603. The first-order chi connectivity index (χ1) is 13.2. The van der Waals surface area contributed by atoms with Gasteiger partial charge in [-0.05, 0) is 43.5 Å². The lowest BCUT2D eigenvalue weighted by atomic mass is 9.96. The molecule has 1 aliphatic carbocycles. The van der Waals surface area contributed by atoms with Crippen LogP contribution in [0.3, 0.4) is 0 Å². The minimum absolute atomic E-state index is 0.208. The van der Waals surface area contributed by atoms with Gasteiger partial charge in [0.15, 0.2) is 5.65 Å². The SMILES string of the molecule is COc1cnc2ccc(-n3c(=O)[nH]c4nccc(OC5CCC5)c43)cc2c1. The molecule has 7 heteroatoms. The molecule has 1 N–H and O–H groups in total. The van der Waals surface area contributed by atoms with Crippen molar-refractivity contribution in [1.82, 2.24) is 19.5 Å². The van der Waals surface area contributed by atoms with E-state index in [9.17, 15) is 4.79 Å². The van der Waals surface area contributed by atoms with Crippen LogP contribution in [0.1, 0.15) is 19.3 Å². The summed E-state index contributed by atoms with van der Waals surface area (Å²) in [6.07, 6.45) is 6.80. The maximum atomic E-state index is 12.7. The van der Waals surface area contributed by atoms with Crippen LogP contribution in [0, 0.1) is 0 Å². The van der Waals surface area contributed by atoms with E-state index in [1.165, 1.54) is 6.42 Å². The molecule has 0 amide bonds. The highest BCUT2D eigenvalue weighted by Gasteiger charge is 2.22. The Morgan fingerprint density at radius 1 is 1.19 bits per heavy atom. The van der Waals surface area contributed by atoms with Gasteiger partial charge in [0.05, 0.1) is 30.6 Å². The molecule has 0 spiro atoms. The second kappa shape index (κ2) is 6.12. The topological polar surface area (TPSA) is 82.0 Å². The number of H-pyrrole nitrogens is 1. The molecule has 27 heavy (non-hydrogen) atoms. The van der Waals surface area contributed by atoms with Gasteiger partial charge in [0.25, 0.3) is 0 Å². The van der Waals surface area contributed by atoms with Gasteiger partial charge < -0.3 is 9.47 Å². The van der Waals surface area contributed by atoms with Crippen molar-refractivity contribution >= 4 is 22.1 Å². The zero-order valence-electron chi connectivity index (χ0n) is 14.8. The fourth-order valence-corrected chi connectivity index (χ4v) is 3.36. The maximum absolute atomic E-state index is 12.7. The zero-order chi connectivity index (χ0) is 18.4. The highest BCUT2D eigenvalue weighted by atomic mass is 16.5. The Morgan fingerprint density at radius 3 is 2.85 bits per heavy atom. The molecule has 3 aromatic heterocycles. The van der Waals surface area contributed by atoms with Crippen LogP contribution in [0.2, 0.25) is 0 Å². The molecule has 1 fully saturated rings. The summed E-state index contributed by atoms with van der Waals surface area (Å²) in [5, 5.41) is 0.887. The first-order valence-corrected chi connectivity index (χ1v) is 8.93. The van der Waals surface area contributed by atoms with Gasteiger partial charge in [-0.2, -0.15) is 0 Å². The third-order valence-electron chi connectivity index (χ3n) is 5.02. The van der Waals surface area contributed by atoms with Gasteiger partial charge in [-0.15, -0.1) is 0 Å². The highest BCUT2D eigenvalue weighted by molar-refractivity contribution is 5.85. The number of pyridine rings is 2. The molecular formula is C20H18N4O3. The molecule has 4 aromatic rings. The van der Waals surface area contributed by atoms with E-state index in [0.717, 1.165) is 29.4 Å². The van der Waals surface area contributed by atoms with Crippen molar-refractivity contribution in [3.05, 3.63) is 53.2 Å². The van der Waals surface area contributed by atoms with Crippen LogP contribution < -0.4 is 15.2 Å². The van der Waals surface area contributed by atoms with E-state index in [1.54, 1.807) is 24.1 Å². The molecule has 0 atom stereocenters. The van der Waals surface area contributed by atoms with E-state index in [0.29, 0.717) is 22.7 Å². The van der Waals surface area contributed by atoms with Gasteiger partial charge in [0.2, 0.25) is 0 Å². The summed E-state index contributed by atoms with van der Waals surface area (Å²) >= 11 is 0. The van der Waals surface area contributed by atoms with Crippen molar-refractivity contribution in [2.24, 2.45) is 0 Å². The summed E-state index contributed by atoms with van der Waals surface area (Å²) in [7, 11) is 1.60. The Morgan fingerprint density at radius 2 is 2.07 bits per heavy atom. The molecular weight excluding hydrogens is 344 g/mol. The van der Waals surface area contributed by atoms with Gasteiger partial charge in [-0.3, -0.25) is 14.5 Å². The molecule has 136 valence electrons. The van der Waals surface area contributed by atoms with E-state index < -0.39 is 0 Å². The van der Waals surface area contributed by atoms with Crippen LogP contribution in [-0.2, 0) is 0 Å². The number of aromatic nitrogens is 4. The van der Waals surface area contributed by atoms with Gasteiger partial charge in [0.1, 0.15) is 17.0 Å². The number of ether oxygens (including phenoxy) is 2. The number of aromatic amines is 1. The predicted octanol–water partition coefficient (Wildman–Crippen LogP) is 3.20. The molecule has 1 aliphatic rings. The lowest BCUT2D eigenvalue weighted by Crippen LogP contribution is -2.25. The number of methoxy groups -OCH3 is 1. The number of benzene rings is 1. The number of hydrogen-bond donors (Lipinski definition) is 1. The molecule has 0 saturated heterocycles. The molecule has 5 rings (SSSR count). The summed E-state index contributed by atoms with van der Waals surface area (Å²) in [4.78, 5) is 24.2. The molecule has 7 nitrogen and oxygen atoms in total. The largest absolute Gasteiger partial charge is 0.495 e. The molecule has 1 saturated carbocycles. The van der Waals surface area contributed by atoms with Crippen LogP contribution in [0.4, 0.5) is 0 Å². The lowest BCUT2D eigenvalue weighted by molar-refractivity contribution is 0.122. The first kappa shape index (κ1) is 15.9. The Labute approximate surface area is 154 Å². The van der Waals surface area contributed by atoms with Crippen molar-refractivity contribution in [1.29, 1.82) is 0 Å². The van der Waals surface area contributed by atoms with Gasteiger partial charge in [-0.1, -0.05) is 0 Å². The molecule has 0 bridgehead atoms. The van der Waals surface area contributed by atoms with Gasteiger partial charge >= 0.3 is 5.69 Å². The van der Waals surface area contributed by atoms with Gasteiger partial charge in [-0.25, -0.2) is 9.78 Å². The van der Waals surface area contributed by atoms with Crippen molar-refractivity contribution in [3.8, 4) is 17.2 Å². The smallest absolute Gasteiger partial charge is 0.332 e. The second-order valence-corrected chi connectivity index (χ2v) is 6.69. The molecule has 0 radical (unpaired) electrons. The average Bonchev–Trinajstić information content (AvgIpc) is 3.00. The van der Waals surface area contributed by atoms with Crippen molar-refractivity contribution in [2.75, 3.05) is 7.11 Å². The summed E-state index contributed by atoms with van der Waals surface area (Å²) < 4.78 is 13.0. The molecule has 0 aliphatic heterocycles. The summed E-state index contributed by atoms with van der Waals surface area (Å²) in [6.45, 7) is 0. The first-order valence-electron chi connectivity index (χ1n) is 8.93. The Bertz CT molecular complexity index is 1210. The Hall–Kier alpha value is -3.35. The molecule has 1 aromatic carbocycles. The van der Waals surface area contributed by atoms with Gasteiger partial charge in [0, 0.05) is 17.6 Å². The third kappa shape index (κ3) is 2.63. The van der Waals surface area contributed by atoms with E-state index in [4.69, 9.17) is 9.47 Å². The Balaban J connectivity index is 1.70. The lowest BCUT2D eigenvalue weighted by Gasteiger charge is -2.26. The molecule has 0 unspecified atom stereocenters. The normalized spacial score (nSPS) is 14.4. The fraction of sp³-hybridized carbons (Fsp3) is 0.250. The second-order valence-electron chi connectivity index (χ2n) is 6.69. The summed E-state index contributed by atoms with van der Waals surface area (Å²) in [5.74, 6) is 1.34. The number of rotatable bonds is 4. The van der Waals surface area contributed by atoms with Crippen LogP contribution in [-0.4, -0.2) is 32.7 Å². The monoisotopic (exact) mass is 362 g/mol. The van der Waals surface area contributed by atoms with E-state index in [-0.39, 0.29) is 11.8 Å². The standard InChI is InChI=1S/C20H18N4O3/c1-26-15-10-12-9-13(5-6-16(12)22-11-15)24-18-17(27-14-3-2-4-14)7-8-21-19(18)23-20(24)25/h5-11,14H,2-4H2,1H3,(H,21,23,25). The summed E-state index contributed by atoms with van der Waals surface area (Å²) in [6, 6.07) is 9.39. The predicted molar refractivity (Wildman–Crippen MR) is 102 cm³/mol. The van der Waals surface area contributed by atoms with Crippen LogP contribution in [0.25, 0.3) is 27.8 Å². The fourth-order valence-electron chi connectivity index (χ4n) is 3.36. The Kier molecular flexibility index (Phi) is 3.60. The number of nitrogens with one attached hydrogen (secondary N) is 1. The van der Waals surface area contributed by atoms with Crippen molar-refractivity contribution < 1.29 is 9.47 Å². The highest BCUT2D eigenvalue weighted by Crippen LogP contribution is 2.31. The molecule has 3 heterocycles. The third-order valence-corrected chi connectivity index (χ3v) is 5.02. The van der Waals surface area contributed by atoms with Crippen LogP contribution in [0.5, 0.6) is 11.5 Å². The number of fused-ring (bicyclic) bond motifs is 2. The van der Waals surface area contributed by atoms with Crippen LogP contribution in [0.15, 0.2) is 47.5 Å². The van der Waals surface area contributed by atoms with Crippen LogP contribution >= 0.6 is 0 Å². The van der Waals surface area contributed by atoms with E-state index in [2.05, 4.69) is 15.0 Å². The number of nitrogens with zero attached hydrogens (tertiary/aromatic N) is 3. The number of imidazole rings is 1. The van der Waals surface area contributed by atoms with E-state index in [1.807, 2.05) is 30.3 Å². The number of hydrogen-bond acceptors (Lipinski definition) is 5. The minimum atomic E-state index is -0.252. The maximum Gasteiger partial charge on any atom is 0.332 e. The summed E-state index contributed by atoms with van der Waals surface area (Å²) in [5.41, 5.74) is 2.47. The minimum Gasteiger partial charge on any atom is -0.495 e. The van der Waals surface area contributed by atoms with Crippen molar-refractivity contribution in [2.45, 2.75) is 25.4 Å². The zero-order valence-corrected chi connectivity index (χ0v) is 14.8. The average molecular weight is 362 g/mol. The van der Waals surface area contributed by atoms with Crippen molar-refractivity contribution in [3.63, 3.8) is 0 Å².